The Bertz CT molecular complexity index is 439. The lowest BCUT2D eigenvalue weighted by molar-refractivity contribution is -0.141. The lowest BCUT2D eigenvalue weighted by Crippen LogP contribution is -2.38. The predicted octanol–water partition coefficient (Wildman–Crippen LogP) is 3.12. The number of hydrogen-bond acceptors (Lipinski definition) is 2. The Morgan fingerprint density at radius 2 is 1.89 bits per heavy atom. The SMILES string of the molecule is O=C(Nc1ccc(C(F)(F)F)nc1)N1CCCCC1. The Morgan fingerprint density at radius 3 is 2.42 bits per heavy atom. The number of hydrogen-bond donors (Lipinski definition) is 1. The van der Waals surface area contributed by atoms with Crippen molar-refractivity contribution in [3.05, 3.63) is 24.0 Å². The molecular formula is C12H14F3N3O. The highest BCUT2D eigenvalue weighted by Gasteiger charge is 2.32. The summed E-state index contributed by atoms with van der Waals surface area (Å²) in [4.78, 5) is 16.8. The van der Waals surface area contributed by atoms with Crippen molar-refractivity contribution >= 4 is 11.7 Å². The highest BCUT2D eigenvalue weighted by molar-refractivity contribution is 5.89. The van der Waals surface area contributed by atoms with E-state index in [1.54, 1.807) is 4.90 Å². The summed E-state index contributed by atoms with van der Waals surface area (Å²) in [7, 11) is 0. The van der Waals surface area contributed by atoms with Crippen LogP contribution in [0.4, 0.5) is 23.7 Å². The fourth-order valence-electron chi connectivity index (χ4n) is 1.94. The molecule has 0 atom stereocenters. The average molecular weight is 273 g/mol. The van der Waals surface area contributed by atoms with E-state index in [9.17, 15) is 18.0 Å². The summed E-state index contributed by atoms with van der Waals surface area (Å²) < 4.78 is 36.9. The Morgan fingerprint density at radius 1 is 1.21 bits per heavy atom. The van der Waals surface area contributed by atoms with Crippen LogP contribution in [-0.4, -0.2) is 29.0 Å². The van der Waals surface area contributed by atoms with E-state index in [1.165, 1.54) is 6.07 Å². The zero-order chi connectivity index (χ0) is 13.9. The minimum Gasteiger partial charge on any atom is -0.325 e. The molecule has 0 radical (unpaired) electrons. The smallest absolute Gasteiger partial charge is 0.325 e. The summed E-state index contributed by atoms with van der Waals surface area (Å²) in [6.07, 6.45) is -0.428. The van der Waals surface area contributed by atoms with Gasteiger partial charge in [0.1, 0.15) is 5.69 Å². The molecule has 2 heterocycles. The quantitative estimate of drug-likeness (QED) is 0.854. The van der Waals surface area contributed by atoms with Crippen LogP contribution >= 0.6 is 0 Å². The predicted molar refractivity (Wildman–Crippen MR) is 63.7 cm³/mol. The van der Waals surface area contributed by atoms with Gasteiger partial charge in [-0.3, -0.25) is 0 Å². The number of anilines is 1. The van der Waals surface area contributed by atoms with Gasteiger partial charge in [-0.05, 0) is 31.4 Å². The maximum atomic E-state index is 12.3. The van der Waals surface area contributed by atoms with E-state index in [4.69, 9.17) is 0 Å². The summed E-state index contributed by atoms with van der Waals surface area (Å²) in [5, 5.41) is 2.55. The van der Waals surface area contributed by atoms with E-state index in [0.717, 1.165) is 31.5 Å². The number of rotatable bonds is 1. The van der Waals surface area contributed by atoms with Gasteiger partial charge in [0.15, 0.2) is 0 Å². The van der Waals surface area contributed by atoms with Crippen LogP contribution in [0.25, 0.3) is 0 Å². The highest BCUT2D eigenvalue weighted by atomic mass is 19.4. The molecule has 0 bridgehead atoms. The number of likely N-dealkylation sites (tertiary alicyclic amines) is 1. The molecule has 19 heavy (non-hydrogen) atoms. The van der Waals surface area contributed by atoms with Gasteiger partial charge in [0.2, 0.25) is 0 Å². The van der Waals surface area contributed by atoms with Crippen LogP contribution in [0.1, 0.15) is 25.0 Å². The second-order valence-electron chi connectivity index (χ2n) is 4.41. The van der Waals surface area contributed by atoms with Gasteiger partial charge in [-0.15, -0.1) is 0 Å². The third-order valence-electron chi connectivity index (χ3n) is 2.95. The van der Waals surface area contributed by atoms with E-state index >= 15 is 0 Å². The molecule has 1 aromatic rings. The van der Waals surface area contributed by atoms with Gasteiger partial charge in [-0.2, -0.15) is 13.2 Å². The number of aromatic nitrogens is 1. The number of amides is 2. The topological polar surface area (TPSA) is 45.2 Å². The van der Waals surface area contributed by atoms with Crippen molar-refractivity contribution in [1.29, 1.82) is 0 Å². The van der Waals surface area contributed by atoms with Crippen LogP contribution in [0, 0.1) is 0 Å². The zero-order valence-electron chi connectivity index (χ0n) is 10.2. The van der Waals surface area contributed by atoms with Crippen molar-refractivity contribution in [2.24, 2.45) is 0 Å². The molecule has 0 spiro atoms. The zero-order valence-corrected chi connectivity index (χ0v) is 10.2. The van der Waals surface area contributed by atoms with Crippen LogP contribution < -0.4 is 5.32 Å². The second kappa shape index (κ2) is 5.46. The lowest BCUT2D eigenvalue weighted by atomic mass is 10.1. The number of carbonyl (C=O) groups is 1. The maximum absolute atomic E-state index is 12.3. The van der Waals surface area contributed by atoms with E-state index in [1.807, 2.05) is 0 Å². The molecule has 1 aromatic heterocycles. The molecule has 1 aliphatic rings. The molecule has 1 N–H and O–H groups in total. The first-order chi connectivity index (χ1) is 8.97. The number of nitrogens with one attached hydrogen (secondary N) is 1. The standard InChI is InChI=1S/C12H14F3N3O/c13-12(14,15)10-5-4-9(8-16-10)17-11(19)18-6-2-1-3-7-18/h4-5,8H,1-3,6-7H2,(H,17,19). The van der Waals surface area contributed by atoms with Gasteiger partial charge in [-0.1, -0.05) is 0 Å². The summed E-state index contributed by atoms with van der Waals surface area (Å²) >= 11 is 0. The van der Waals surface area contributed by atoms with Crippen molar-refractivity contribution in [2.45, 2.75) is 25.4 Å². The van der Waals surface area contributed by atoms with Crippen molar-refractivity contribution in [3.8, 4) is 0 Å². The van der Waals surface area contributed by atoms with Crippen molar-refractivity contribution in [2.75, 3.05) is 18.4 Å². The fraction of sp³-hybridized carbons (Fsp3) is 0.500. The van der Waals surface area contributed by atoms with Gasteiger partial charge in [0.05, 0.1) is 11.9 Å². The van der Waals surface area contributed by atoms with Crippen molar-refractivity contribution < 1.29 is 18.0 Å². The number of piperidine rings is 1. The van der Waals surface area contributed by atoms with Crippen LogP contribution in [0.15, 0.2) is 18.3 Å². The molecule has 104 valence electrons. The van der Waals surface area contributed by atoms with E-state index in [-0.39, 0.29) is 11.7 Å². The summed E-state index contributed by atoms with van der Waals surface area (Å²) in [6.45, 7) is 1.36. The van der Waals surface area contributed by atoms with Gasteiger partial charge in [0, 0.05) is 13.1 Å². The highest BCUT2D eigenvalue weighted by Crippen LogP contribution is 2.27. The number of carbonyl (C=O) groups excluding carboxylic acids is 1. The fourth-order valence-corrected chi connectivity index (χ4v) is 1.94. The second-order valence-corrected chi connectivity index (χ2v) is 4.41. The van der Waals surface area contributed by atoms with Gasteiger partial charge >= 0.3 is 12.2 Å². The van der Waals surface area contributed by atoms with Gasteiger partial charge < -0.3 is 10.2 Å². The van der Waals surface area contributed by atoms with Crippen LogP contribution in [0.5, 0.6) is 0 Å². The molecule has 1 aliphatic heterocycles. The average Bonchev–Trinajstić information content (AvgIpc) is 2.39. The number of alkyl halides is 3. The van der Waals surface area contributed by atoms with Gasteiger partial charge in [0.25, 0.3) is 0 Å². The number of nitrogens with zero attached hydrogens (tertiary/aromatic N) is 2. The molecule has 0 unspecified atom stereocenters. The van der Waals surface area contributed by atoms with Crippen LogP contribution in [0.3, 0.4) is 0 Å². The minimum absolute atomic E-state index is 0.267. The minimum atomic E-state index is -4.46. The lowest BCUT2D eigenvalue weighted by Gasteiger charge is -2.26. The molecule has 1 fully saturated rings. The normalized spacial score (nSPS) is 16.3. The molecule has 0 saturated carbocycles. The largest absolute Gasteiger partial charge is 0.433 e. The van der Waals surface area contributed by atoms with Crippen LogP contribution in [0.2, 0.25) is 0 Å². The molecule has 1 saturated heterocycles. The summed E-state index contributed by atoms with van der Waals surface area (Å²) in [5.74, 6) is 0. The Labute approximate surface area is 108 Å². The first-order valence-corrected chi connectivity index (χ1v) is 6.06. The summed E-state index contributed by atoms with van der Waals surface area (Å²) in [6, 6.07) is 1.77. The Hall–Kier alpha value is -1.79. The molecular weight excluding hydrogens is 259 g/mol. The van der Waals surface area contributed by atoms with E-state index in [2.05, 4.69) is 10.3 Å². The summed E-state index contributed by atoms with van der Waals surface area (Å²) in [5.41, 5.74) is -0.702. The van der Waals surface area contributed by atoms with Crippen molar-refractivity contribution in [1.82, 2.24) is 9.88 Å². The van der Waals surface area contributed by atoms with Crippen molar-refractivity contribution in [3.63, 3.8) is 0 Å². The first kappa shape index (κ1) is 13.6. The first-order valence-electron chi connectivity index (χ1n) is 6.06. The molecule has 2 amide bonds. The van der Waals surface area contributed by atoms with Gasteiger partial charge in [-0.25, -0.2) is 9.78 Å². The van der Waals surface area contributed by atoms with Crippen LogP contribution in [-0.2, 0) is 6.18 Å². The Balaban J connectivity index is 1.97. The monoisotopic (exact) mass is 273 g/mol. The molecule has 4 nitrogen and oxygen atoms in total. The van der Waals surface area contributed by atoms with E-state index < -0.39 is 11.9 Å². The number of pyridine rings is 1. The number of urea groups is 1. The molecule has 7 heteroatoms. The number of halogens is 3. The third kappa shape index (κ3) is 3.59. The van der Waals surface area contributed by atoms with E-state index in [0.29, 0.717) is 13.1 Å². The molecule has 0 aromatic carbocycles. The maximum Gasteiger partial charge on any atom is 0.433 e. The third-order valence-corrected chi connectivity index (χ3v) is 2.95. The Kier molecular flexibility index (Phi) is 3.92. The molecule has 2 rings (SSSR count). The molecule has 0 aliphatic carbocycles.